The quantitative estimate of drug-likeness (QED) is 0.636. The highest BCUT2D eigenvalue weighted by molar-refractivity contribution is 9.10. The number of ether oxygens (including phenoxy) is 1. The van der Waals surface area contributed by atoms with Gasteiger partial charge in [0.1, 0.15) is 5.75 Å². The summed E-state index contributed by atoms with van der Waals surface area (Å²) in [4.78, 5) is 14.8. The van der Waals surface area contributed by atoms with E-state index in [-0.39, 0.29) is 0 Å². The minimum Gasteiger partial charge on any atom is -0.493 e. The Hall–Kier alpha value is -1.05. The van der Waals surface area contributed by atoms with Gasteiger partial charge in [-0.25, -0.2) is 4.98 Å². The number of thioether (sulfide) groups is 1. The molecular weight excluding hydrogens is 348 g/mol. The van der Waals surface area contributed by atoms with Crippen LogP contribution in [0.4, 0.5) is 0 Å². The fourth-order valence-electron chi connectivity index (χ4n) is 1.27. The third-order valence-corrected chi connectivity index (χ3v) is 4.80. The normalized spacial score (nSPS) is 10.4. The van der Waals surface area contributed by atoms with Crippen molar-refractivity contribution in [1.29, 1.82) is 0 Å². The average Bonchev–Trinajstić information content (AvgIpc) is 2.86. The molecule has 7 heteroatoms. The molecule has 0 aliphatic heterocycles. The first-order chi connectivity index (χ1) is 9.15. The Labute approximate surface area is 127 Å². The van der Waals surface area contributed by atoms with Crippen LogP contribution >= 0.6 is 39.0 Å². The maximum Gasteiger partial charge on any atom is 0.277 e. The van der Waals surface area contributed by atoms with Crippen LogP contribution in [-0.2, 0) is 0 Å². The predicted octanol–water partition coefficient (Wildman–Crippen LogP) is 3.18. The number of rotatable bonds is 6. The molecule has 0 aliphatic rings. The number of nitrogens with zero attached hydrogens (tertiary/aromatic N) is 1. The highest BCUT2D eigenvalue weighted by Gasteiger charge is 2.07. The van der Waals surface area contributed by atoms with Crippen LogP contribution in [0.25, 0.3) is 0 Å². The molecule has 0 atom stereocenters. The molecule has 1 aromatic heterocycles. The topological polar surface area (TPSA) is 65.2 Å². The number of benzene rings is 1. The van der Waals surface area contributed by atoms with Crippen LogP contribution < -0.4 is 10.5 Å². The van der Waals surface area contributed by atoms with Crippen LogP contribution in [-0.4, -0.2) is 23.3 Å². The second-order valence-electron chi connectivity index (χ2n) is 3.50. The van der Waals surface area contributed by atoms with Crippen LogP contribution in [0.3, 0.4) is 0 Å². The lowest BCUT2D eigenvalue weighted by molar-refractivity contribution is 0.1000. The van der Waals surface area contributed by atoms with Crippen molar-refractivity contribution in [3.63, 3.8) is 0 Å². The fraction of sp³-hybridized carbons (Fsp3) is 0.167. The van der Waals surface area contributed by atoms with Crippen molar-refractivity contribution < 1.29 is 9.53 Å². The Morgan fingerprint density at radius 2 is 2.16 bits per heavy atom. The Morgan fingerprint density at radius 3 is 2.79 bits per heavy atom. The van der Waals surface area contributed by atoms with Crippen molar-refractivity contribution in [3.8, 4) is 5.75 Å². The second kappa shape index (κ2) is 6.93. The van der Waals surface area contributed by atoms with Gasteiger partial charge in [-0.05, 0) is 24.3 Å². The van der Waals surface area contributed by atoms with Gasteiger partial charge >= 0.3 is 0 Å². The van der Waals surface area contributed by atoms with Gasteiger partial charge in [0, 0.05) is 10.2 Å². The molecule has 0 bridgehead atoms. The highest BCUT2D eigenvalue weighted by Crippen LogP contribution is 2.25. The molecule has 0 unspecified atom stereocenters. The molecule has 0 spiro atoms. The second-order valence-corrected chi connectivity index (χ2v) is 6.84. The zero-order chi connectivity index (χ0) is 13.7. The molecule has 2 N–H and O–H groups in total. The number of carbonyl (C=O) groups is 1. The zero-order valence-corrected chi connectivity index (χ0v) is 13.1. The van der Waals surface area contributed by atoms with E-state index in [9.17, 15) is 4.79 Å². The Morgan fingerprint density at radius 1 is 1.42 bits per heavy atom. The SMILES string of the molecule is NC(=O)c1ncc(SCCOc2ccc(Br)cc2)s1. The van der Waals surface area contributed by atoms with E-state index in [1.807, 2.05) is 24.3 Å². The molecule has 1 heterocycles. The molecular formula is C12H11BrN2O2S2. The number of hydrogen-bond donors (Lipinski definition) is 1. The van der Waals surface area contributed by atoms with E-state index in [0.29, 0.717) is 11.6 Å². The number of thiazole rings is 1. The number of carbonyl (C=O) groups excluding carboxylic acids is 1. The monoisotopic (exact) mass is 358 g/mol. The van der Waals surface area contributed by atoms with Gasteiger partial charge in [-0.15, -0.1) is 23.1 Å². The van der Waals surface area contributed by atoms with Gasteiger partial charge in [-0.2, -0.15) is 0 Å². The van der Waals surface area contributed by atoms with Gasteiger partial charge in [-0.1, -0.05) is 15.9 Å². The van der Waals surface area contributed by atoms with Gasteiger partial charge in [0.2, 0.25) is 0 Å². The summed E-state index contributed by atoms with van der Waals surface area (Å²) in [6.45, 7) is 0.593. The molecule has 1 aromatic carbocycles. The van der Waals surface area contributed by atoms with Crippen LogP contribution in [0.1, 0.15) is 9.80 Å². The standard InChI is InChI=1S/C12H11BrN2O2S2/c13-8-1-3-9(4-2-8)17-5-6-18-10-7-15-12(19-10)11(14)16/h1-4,7H,5-6H2,(H2,14,16). The third-order valence-electron chi connectivity index (χ3n) is 2.11. The van der Waals surface area contributed by atoms with E-state index in [1.54, 1.807) is 18.0 Å². The van der Waals surface area contributed by atoms with E-state index >= 15 is 0 Å². The summed E-state index contributed by atoms with van der Waals surface area (Å²) in [6, 6.07) is 7.69. The number of hydrogen-bond acceptors (Lipinski definition) is 5. The summed E-state index contributed by atoms with van der Waals surface area (Å²) in [5.41, 5.74) is 5.14. The van der Waals surface area contributed by atoms with Crippen molar-refractivity contribution in [2.45, 2.75) is 4.21 Å². The molecule has 19 heavy (non-hydrogen) atoms. The number of amides is 1. The minimum atomic E-state index is -0.483. The van der Waals surface area contributed by atoms with E-state index in [1.165, 1.54) is 11.3 Å². The number of nitrogens with two attached hydrogens (primary N) is 1. The molecule has 0 saturated carbocycles. The summed E-state index contributed by atoms with van der Waals surface area (Å²) in [7, 11) is 0. The molecule has 2 aromatic rings. The van der Waals surface area contributed by atoms with Crippen LogP contribution in [0.15, 0.2) is 39.1 Å². The van der Waals surface area contributed by atoms with Crippen molar-refractivity contribution in [3.05, 3.63) is 39.9 Å². The molecule has 0 fully saturated rings. The number of primary amides is 1. The largest absolute Gasteiger partial charge is 0.493 e. The number of aromatic nitrogens is 1. The first kappa shape index (κ1) is 14.4. The lowest BCUT2D eigenvalue weighted by Crippen LogP contribution is -2.09. The lowest BCUT2D eigenvalue weighted by Gasteiger charge is -2.04. The van der Waals surface area contributed by atoms with E-state index in [2.05, 4.69) is 20.9 Å². The molecule has 4 nitrogen and oxygen atoms in total. The predicted molar refractivity (Wildman–Crippen MR) is 81.0 cm³/mol. The van der Waals surface area contributed by atoms with Crippen LogP contribution in [0.5, 0.6) is 5.75 Å². The molecule has 0 radical (unpaired) electrons. The molecule has 0 aliphatic carbocycles. The van der Waals surface area contributed by atoms with Gasteiger partial charge < -0.3 is 10.5 Å². The summed E-state index contributed by atoms with van der Waals surface area (Å²) in [6.07, 6.45) is 1.66. The summed E-state index contributed by atoms with van der Waals surface area (Å²) in [5, 5.41) is 0.344. The molecule has 100 valence electrons. The summed E-state index contributed by atoms with van der Waals surface area (Å²) in [5.74, 6) is 1.14. The lowest BCUT2D eigenvalue weighted by atomic mass is 10.3. The van der Waals surface area contributed by atoms with Gasteiger partial charge in [-0.3, -0.25) is 4.79 Å². The van der Waals surface area contributed by atoms with Crippen LogP contribution in [0, 0.1) is 0 Å². The van der Waals surface area contributed by atoms with E-state index < -0.39 is 5.91 Å². The number of halogens is 1. The summed E-state index contributed by atoms with van der Waals surface area (Å²) >= 11 is 6.27. The Kier molecular flexibility index (Phi) is 5.24. The summed E-state index contributed by atoms with van der Waals surface area (Å²) < 4.78 is 7.58. The van der Waals surface area contributed by atoms with Crippen molar-refractivity contribution in [2.24, 2.45) is 5.73 Å². The van der Waals surface area contributed by atoms with Crippen molar-refractivity contribution in [1.82, 2.24) is 4.98 Å². The van der Waals surface area contributed by atoms with Gasteiger partial charge in [0.15, 0.2) is 5.01 Å². The minimum absolute atomic E-state index is 0.344. The third kappa shape index (κ3) is 4.52. The molecule has 2 rings (SSSR count). The van der Waals surface area contributed by atoms with Crippen molar-refractivity contribution >= 4 is 44.9 Å². The van der Waals surface area contributed by atoms with E-state index in [4.69, 9.17) is 10.5 Å². The van der Waals surface area contributed by atoms with Crippen LogP contribution in [0.2, 0.25) is 0 Å². The fourth-order valence-corrected chi connectivity index (χ4v) is 3.26. The molecule has 0 saturated heterocycles. The van der Waals surface area contributed by atoms with Crippen molar-refractivity contribution in [2.75, 3.05) is 12.4 Å². The maximum atomic E-state index is 10.9. The van der Waals surface area contributed by atoms with Gasteiger partial charge in [0.25, 0.3) is 5.91 Å². The Bertz CT molecular complexity index is 557. The average molecular weight is 359 g/mol. The van der Waals surface area contributed by atoms with Gasteiger partial charge in [0.05, 0.1) is 17.0 Å². The highest BCUT2D eigenvalue weighted by atomic mass is 79.9. The smallest absolute Gasteiger partial charge is 0.277 e. The first-order valence-electron chi connectivity index (χ1n) is 5.42. The molecule has 1 amide bonds. The maximum absolute atomic E-state index is 10.9. The zero-order valence-electron chi connectivity index (χ0n) is 9.84. The van der Waals surface area contributed by atoms with E-state index in [0.717, 1.165) is 20.2 Å². The first-order valence-corrected chi connectivity index (χ1v) is 8.01. The Balaban J connectivity index is 1.74.